The zero-order valence-electron chi connectivity index (χ0n) is 5.61. The summed E-state index contributed by atoms with van der Waals surface area (Å²) in [5.41, 5.74) is 1.14. The summed E-state index contributed by atoms with van der Waals surface area (Å²) in [4.78, 5) is 11.2. The molecule has 0 heterocycles. The number of Topliss-reactive ketones (excluding diaryl/α,β-unsaturated/α-hetero) is 1. The summed E-state index contributed by atoms with van der Waals surface area (Å²) in [5, 5.41) is 0. The lowest BCUT2D eigenvalue weighted by Gasteiger charge is -2.00. The van der Waals surface area contributed by atoms with E-state index in [-0.39, 0.29) is 5.41 Å². The Hall–Kier alpha value is -0.590. The molecule has 2 rings (SSSR count). The normalized spacial score (nSPS) is 29.0. The van der Waals surface area contributed by atoms with Gasteiger partial charge in [-0.15, -0.1) is 0 Å². The first-order valence-electron chi connectivity index (χ1n) is 3.46. The fraction of sp³-hybridized carbons (Fsp3) is 0.625. The minimum atomic E-state index is 0.143. The van der Waals surface area contributed by atoms with Crippen molar-refractivity contribution in [1.29, 1.82) is 0 Å². The molecule has 1 spiro atoms. The third kappa shape index (κ3) is 0.521. The largest absolute Gasteiger partial charge is 0.294 e. The Labute approximate surface area is 54.8 Å². The van der Waals surface area contributed by atoms with Gasteiger partial charge in [0, 0.05) is 5.41 Å². The molecule has 0 saturated heterocycles. The number of carbonyl (C=O) groups excluding carboxylic acids is 1. The van der Waals surface area contributed by atoms with Crippen LogP contribution in [0.25, 0.3) is 0 Å². The maximum Gasteiger partial charge on any atom is 0.164 e. The summed E-state index contributed by atoms with van der Waals surface area (Å²) in [6.07, 6.45) is 5.38. The van der Waals surface area contributed by atoms with E-state index in [2.05, 4.69) is 6.08 Å². The van der Waals surface area contributed by atoms with Crippen LogP contribution in [0.1, 0.15) is 26.2 Å². The molecule has 0 bridgehead atoms. The number of hydrogen-bond acceptors (Lipinski definition) is 1. The molecule has 0 amide bonds. The Balaban J connectivity index is 2.31. The first-order valence-corrected chi connectivity index (χ1v) is 3.46. The van der Waals surface area contributed by atoms with Gasteiger partial charge in [-0.3, -0.25) is 4.79 Å². The molecule has 0 unspecified atom stereocenters. The van der Waals surface area contributed by atoms with Crippen LogP contribution in [0.3, 0.4) is 0 Å². The standard InChI is InChI=1S/C8H10O/c1-6-2-3-8(4-5-8)7(6)9/h2H,3-5H2,1H3. The number of rotatable bonds is 0. The van der Waals surface area contributed by atoms with Crippen LogP contribution in [0.4, 0.5) is 0 Å². The van der Waals surface area contributed by atoms with E-state index in [1.807, 2.05) is 6.92 Å². The van der Waals surface area contributed by atoms with Crippen LogP contribution < -0.4 is 0 Å². The number of carbonyl (C=O) groups is 1. The highest BCUT2D eigenvalue weighted by Crippen LogP contribution is 2.54. The van der Waals surface area contributed by atoms with Gasteiger partial charge in [0.2, 0.25) is 0 Å². The maximum absolute atomic E-state index is 11.2. The topological polar surface area (TPSA) is 17.1 Å². The molecule has 1 saturated carbocycles. The maximum atomic E-state index is 11.2. The van der Waals surface area contributed by atoms with Gasteiger partial charge in [0.15, 0.2) is 5.78 Å². The molecular weight excluding hydrogens is 112 g/mol. The molecule has 0 aliphatic heterocycles. The number of allylic oxidation sites excluding steroid dienone is 2. The second-order valence-electron chi connectivity index (χ2n) is 3.20. The molecule has 0 aromatic rings. The molecule has 0 atom stereocenters. The molecular formula is C8H10O. The number of ketones is 1. The van der Waals surface area contributed by atoms with Crippen LogP contribution in [-0.4, -0.2) is 5.78 Å². The summed E-state index contributed by atoms with van der Waals surface area (Å²) >= 11 is 0. The number of hydrogen-bond donors (Lipinski definition) is 0. The van der Waals surface area contributed by atoms with Crippen molar-refractivity contribution in [2.45, 2.75) is 26.2 Å². The van der Waals surface area contributed by atoms with Crippen molar-refractivity contribution in [3.8, 4) is 0 Å². The van der Waals surface area contributed by atoms with Crippen molar-refractivity contribution in [1.82, 2.24) is 0 Å². The van der Waals surface area contributed by atoms with Crippen molar-refractivity contribution in [3.05, 3.63) is 11.6 Å². The third-order valence-corrected chi connectivity index (χ3v) is 2.49. The quantitative estimate of drug-likeness (QED) is 0.477. The van der Waals surface area contributed by atoms with Crippen molar-refractivity contribution >= 4 is 5.78 Å². The minimum absolute atomic E-state index is 0.143. The van der Waals surface area contributed by atoms with Gasteiger partial charge < -0.3 is 0 Å². The first-order chi connectivity index (χ1) is 4.25. The highest BCUT2D eigenvalue weighted by molar-refractivity contribution is 6.03. The van der Waals surface area contributed by atoms with Crippen LogP contribution in [-0.2, 0) is 4.79 Å². The van der Waals surface area contributed by atoms with E-state index in [4.69, 9.17) is 0 Å². The molecule has 2 aliphatic rings. The summed E-state index contributed by atoms with van der Waals surface area (Å²) in [6, 6.07) is 0. The SMILES string of the molecule is CC1=CCC2(CC2)C1=O. The molecule has 1 heteroatoms. The molecule has 2 aliphatic carbocycles. The Morgan fingerprint density at radius 2 is 2.22 bits per heavy atom. The highest BCUT2D eigenvalue weighted by Gasteiger charge is 2.51. The molecule has 9 heavy (non-hydrogen) atoms. The summed E-state index contributed by atoms with van der Waals surface area (Å²) in [5.74, 6) is 0.419. The van der Waals surface area contributed by atoms with Gasteiger partial charge in [0.05, 0.1) is 0 Å². The summed E-state index contributed by atoms with van der Waals surface area (Å²) < 4.78 is 0. The molecule has 1 fully saturated rings. The fourth-order valence-electron chi connectivity index (χ4n) is 1.53. The zero-order chi connectivity index (χ0) is 6.48. The fourth-order valence-corrected chi connectivity index (χ4v) is 1.53. The predicted octanol–water partition coefficient (Wildman–Crippen LogP) is 1.69. The molecule has 0 radical (unpaired) electrons. The molecule has 0 N–H and O–H groups in total. The van der Waals surface area contributed by atoms with Gasteiger partial charge in [-0.05, 0) is 31.8 Å². The predicted molar refractivity (Wildman–Crippen MR) is 35.0 cm³/mol. The van der Waals surface area contributed by atoms with E-state index < -0.39 is 0 Å². The van der Waals surface area contributed by atoms with Crippen molar-refractivity contribution in [3.63, 3.8) is 0 Å². The van der Waals surface area contributed by atoms with Crippen molar-refractivity contribution in [2.75, 3.05) is 0 Å². The summed E-state index contributed by atoms with van der Waals surface area (Å²) in [7, 11) is 0. The van der Waals surface area contributed by atoms with Crippen molar-refractivity contribution in [2.24, 2.45) is 5.41 Å². The molecule has 0 aromatic carbocycles. The monoisotopic (exact) mass is 122 g/mol. The lowest BCUT2D eigenvalue weighted by molar-refractivity contribution is -0.119. The Morgan fingerprint density at radius 1 is 1.56 bits per heavy atom. The van der Waals surface area contributed by atoms with E-state index in [9.17, 15) is 4.79 Å². The third-order valence-electron chi connectivity index (χ3n) is 2.49. The van der Waals surface area contributed by atoms with Crippen LogP contribution in [0.5, 0.6) is 0 Å². The Bertz CT molecular complexity index is 197. The Kier molecular flexibility index (Phi) is 0.743. The van der Waals surface area contributed by atoms with Crippen LogP contribution in [0.2, 0.25) is 0 Å². The smallest absolute Gasteiger partial charge is 0.164 e. The average molecular weight is 122 g/mol. The highest BCUT2D eigenvalue weighted by atomic mass is 16.1. The van der Waals surface area contributed by atoms with Crippen LogP contribution >= 0.6 is 0 Å². The van der Waals surface area contributed by atoms with E-state index in [0.29, 0.717) is 5.78 Å². The van der Waals surface area contributed by atoms with Gasteiger partial charge in [0.25, 0.3) is 0 Å². The van der Waals surface area contributed by atoms with Gasteiger partial charge in [-0.2, -0.15) is 0 Å². The van der Waals surface area contributed by atoms with E-state index >= 15 is 0 Å². The lowest BCUT2D eigenvalue weighted by Crippen LogP contribution is -2.08. The van der Waals surface area contributed by atoms with Crippen LogP contribution in [0, 0.1) is 5.41 Å². The van der Waals surface area contributed by atoms with E-state index in [1.54, 1.807) is 0 Å². The van der Waals surface area contributed by atoms with Crippen LogP contribution in [0.15, 0.2) is 11.6 Å². The van der Waals surface area contributed by atoms with Crippen molar-refractivity contribution < 1.29 is 4.79 Å². The van der Waals surface area contributed by atoms with Gasteiger partial charge in [-0.25, -0.2) is 0 Å². The van der Waals surface area contributed by atoms with E-state index in [0.717, 1.165) is 24.8 Å². The van der Waals surface area contributed by atoms with Gasteiger partial charge in [0.1, 0.15) is 0 Å². The molecule has 48 valence electrons. The molecule has 1 nitrogen and oxygen atoms in total. The second kappa shape index (κ2) is 1.28. The molecule has 0 aromatic heterocycles. The van der Waals surface area contributed by atoms with E-state index in [1.165, 1.54) is 0 Å². The Morgan fingerprint density at radius 3 is 2.44 bits per heavy atom. The minimum Gasteiger partial charge on any atom is -0.294 e. The van der Waals surface area contributed by atoms with Gasteiger partial charge >= 0.3 is 0 Å². The summed E-state index contributed by atoms with van der Waals surface area (Å²) in [6.45, 7) is 1.93. The lowest BCUT2D eigenvalue weighted by atomic mass is 10.0. The average Bonchev–Trinajstić information content (AvgIpc) is 2.57. The second-order valence-corrected chi connectivity index (χ2v) is 3.20. The zero-order valence-corrected chi connectivity index (χ0v) is 5.61. The van der Waals surface area contributed by atoms with Gasteiger partial charge in [-0.1, -0.05) is 6.08 Å². The first kappa shape index (κ1) is 5.21.